The van der Waals surface area contributed by atoms with Gasteiger partial charge < -0.3 is 9.47 Å². The van der Waals surface area contributed by atoms with E-state index < -0.39 is 0 Å². The van der Waals surface area contributed by atoms with Crippen LogP contribution in [0.3, 0.4) is 0 Å². The van der Waals surface area contributed by atoms with Gasteiger partial charge >= 0.3 is 0 Å². The molecule has 0 fully saturated rings. The van der Waals surface area contributed by atoms with Gasteiger partial charge in [0.1, 0.15) is 0 Å². The largest absolute Gasteiger partial charge is 0.333 e. The molecule has 1 heterocycles. The average molecular weight is 843 g/mol. The highest BCUT2D eigenvalue weighted by atomic mass is 15.2. The van der Waals surface area contributed by atoms with Crippen LogP contribution in [0.25, 0.3) is 88.3 Å². The zero-order valence-electron chi connectivity index (χ0n) is 36.5. The first-order valence-electron chi connectivity index (χ1n) is 22.9. The van der Waals surface area contributed by atoms with Gasteiger partial charge in [-0.25, -0.2) is 0 Å². The maximum atomic E-state index is 2.63. The molecule has 66 heavy (non-hydrogen) atoms. The fraction of sp³-hybridized carbons (Fsp3) is 0.0312. The maximum absolute atomic E-state index is 2.63. The van der Waals surface area contributed by atoms with Gasteiger partial charge in [-0.2, -0.15) is 0 Å². The smallest absolute Gasteiger partial charge is 0.0632 e. The lowest BCUT2D eigenvalue weighted by Crippen LogP contribution is -2.33. The number of nitrogens with zero attached hydrogens (tertiary/aromatic N) is 2. The van der Waals surface area contributed by atoms with E-state index in [9.17, 15) is 0 Å². The Morgan fingerprint density at radius 2 is 0.970 bits per heavy atom. The maximum Gasteiger partial charge on any atom is 0.0632 e. The molecule has 0 N–H and O–H groups in total. The standard InChI is InChI=1S/C64H46N2/c1-5-21-45(22-6-1)49-41-42-61(58(44-49)47-25-9-3-10-26-47)66(59-38-15-13-33-55(59)56-37-19-28-48-27-18-35-53(63(48)56)46-23-7-2-8-24-46)52-32-17-29-50(43-52)54-36-20-40-62-64(54)57-34-14-16-39-60(57)65(62)51-30-11-4-12-31-51/h1-37,39-44,59H,38H2. The Kier molecular flexibility index (Phi) is 10.0. The van der Waals surface area contributed by atoms with Crippen molar-refractivity contribution in [2.24, 2.45) is 0 Å². The Labute approximate surface area is 386 Å². The summed E-state index contributed by atoms with van der Waals surface area (Å²) in [7, 11) is 0. The zero-order chi connectivity index (χ0) is 43.8. The van der Waals surface area contributed by atoms with Crippen molar-refractivity contribution in [3.63, 3.8) is 0 Å². The second-order valence-electron chi connectivity index (χ2n) is 17.1. The normalized spacial score (nSPS) is 13.6. The number of benzene rings is 10. The summed E-state index contributed by atoms with van der Waals surface area (Å²) in [4.78, 5) is 2.63. The first kappa shape index (κ1) is 39.2. The van der Waals surface area contributed by atoms with Crippen LogP contribution >= 0.6 is 0 Å². The Balaban J connectivity index is 1.10. The Morgan fingerprint density at radius 3 is 1.71 bits per heavy atom. The molecule has 0 bridgehead atoms. The summed E-state index contributed by atoms with van der Waals surface area (Å²) in [6.07, 6.45) is 7.79. The predicted molar refractivity (Wildman–Crippen MR) is 281 cm³/mol. The first-order valence-corrected chi connectivity index (χ1v) is 22.9. The van der Waals surface area contributed by atoms with E-state index >= 15 is 0 Å². The number of rotatable bonds is 9. The molecule has 1 unspecified atom stereocenters. The van der Waals surface area contributed by atoms with Crippen LogP contribution in [-0.2, 0) is 0 Å². The van der Waals surface area contributed by atoms with Gasteiger partial charge in [-0.1, -0.05) is 212 Å². The summed E-state index contributed by atoms with van der Waals surface area (Å²) in [6.45, 7) is 0. The minimum Gasteiger partial charge on any atom is -0.333 e. The number of allylic oxidation sites excluding steroid dienone is 2. The third-order valence-corrected chi connectivity index (χ3v) is 13.3. The summed E-state index contributed by atoms with van der Waals surface area (Å²) in [5.74, 6) is 0. The molecule has 0 radical (unpaired) electrons. The fourth-order valence-electron chi connectivity index (χ4n) is 10.4. The van der Waals surface area contributed by atoms with E-state index in [1.165, 1.54) is 88.2 Å². The molecular weight excluding hydrogens is 797 g/mol. The van der Waals surface area contributed by atoms with Gasteiger partial charge in [0.15, 0.2) is 0 Å². The van der Waals surface area contributed by atoms with E-state index in [2.05, 4.69) is 270 Å². The molecule has 2 heteroatoms. The second-order valence-corrected chi connectivity index (χ2v) is 17.1. The molecule has 0 saturated carbocycles. The van der Waals surface area contributed by atoms with Crippen LogP contribution in [0, 0.1) is 0 Å². The van der Waals surface area contributed by atoms with Crippen molar-refractivity contribution in [2.75, 3.05) is 4.90 Å². The number of anilines is 2. The SMILES string of the molecule is C1=CCC(N(c2cccc(-c3cccc4c3c3ccccc3n4-c3ccccc3)c2)c2ccc(-c3ccccc3)cc2-c2ccccc2)C(c2cccc3cccc(-c4ccccc4)c23)=C1. The summed E-state index contributed by atoms with van der Waals surface area (Å²) in [6, 6.07) is 88.7. The monoisotopic (exact) mass is 842 g/mol. The highest BCUT2D eigenvalue weighted by Gasteiger charge is 2.30. The van der Waals surface area contributed by atoms with Crippen LogP contribution in [0.4, 0.5) is 11.4 Å². The van der Waals surface area contributed by atoms with Crippen molar-refractivity contribution in [1.29, 1.82) is 0 Å². The molecule has 0 spiro atoms. The molecule has 0 saturated heterocycles. The highest BCUT2D eigenvalue weighted by molar-refractivity contribution is 6.16. The molecule has 11 aromatic rings. The topological polar surface area (TPSA) is 8.17 Å². The second kappa shape index (κ2) is 16.9. The molecule has 312 valence electrons. The van der Waals surface area contributed by atoms with Crippen molar-refractivity contribution in [3.05, 3.63) is 266 Å². The minimum atomic E-state index is -0.0412. The fourth-order valence-corrected chi connectivity index (χ4v) is 10.4. The van der Waals surface area contributed by atoms with Gasteiger partial charge in [-0.05, 0) is 116 Å². The van der Waals surface area contributed by atoms with Gasteiger partial charge in [0.25, 0.3) is 0 Å². The van der Waals surface area contributed by atoms with Crippen molar-refractivity contribution in [3.8, 4) is 50.2 Å². The molecule has 0 aliphatic heterocycles. The van der Waals surface area contributed by atoms with Gasteiger partial charge in [-0.15, -0.1) is 0 Å². The molecule has 1 aliphatic carbocycles. The molecule has 0 amide bonds. The van der Waals surface area contributed by atoms with Crippen LogP contribution in [-0.4, -0.2) is 10.6 Å². The quantitative estimate of drug-likeness (QED) is 0.141. The van der Waals surface area contributed by atoms with E-state index in [1.807, 2.05) is 0 Å². The average Bonchev–Trinajstić information content (AvgIpc) is 3.74. The van der Waals surface area contributed by atoms with Gasteiger partial charge in [0, 0.05) is 33.4 Å². The van der Waals surface area contributed by atoms with Gasteiger partial charge in [0.2, 0.25) is 0 Å². The van der Waals surface area contributed by atoms with E-state index in [-0.39, 0.29) is 6.04 Å². The van der Waals surface area contributed by atoms with Crippen LogP contribution < -0.4 is 4.90 Å². The molecule has 12 rings (SSSR count). The molecule has 10 aromatic carbocycles. The van der Waals surface area contributed by atoms with Crippen molar-refractivity contribution in [2.45, 2.75) is 12.5 Å². The Hall–Kier alpha value is -8.46. The Bertz CT molecular complexity index is 3600. The predicted octanol–water partition coefficient (Wildman–Crippen LogP) is 17.2. The number of hydrogen-bond acceptors (Lipinski definition) is 1. The lowest BCUT2D eigenvalue weighted by molar-refractivity contribution is 0.804. The summed E-state index contributed by atoms with van der Waals surface area (Å²) >= 11 is 0. The molecule has 1 aromatic heterocycles. The van der Waals surface area contributed by atoms with E-state index in [0.717, 1.165) is 23.5 Å². The molecular formula is C64H46N2. The van der Waals surface area contributed by atoms with Crippen LogP contribution in [0.1, 0.15) is 12.0 Å². The van der Waals surface area contributed by atoms with Crippen LogP contribution in [0.2, 0.25) is 0 Å². The van der Waals surface area contributed by atoms with Crippen LogP contribution in [0.15, 0.2) is 261 Å². The minimum absolute atomic E-state index is 0.0412. The molecule has 2 nitrogen and oxygen atoms in total. The zero-order valence-corrected chi connectivity index (χ0v) is 36.5. The third-order valence-electron chi connectivity index (χ3n) is 13.3. The summed E-state index contributed by atoms with van der Waals surface area (Å²) < 4.78 is 2.41. The summed E-state index contributed by atoms with van der Waals surface area (Å²) in [5.41, 5.74) is 18.0. The third kappa shape index (κ3) is 6.92. The van der Waals surface area contributed by atoms with Gasteiger partial charge in [0.05, 0.1) is 17.1 Å². The number of fused-ring (bicyclic) bond motifs is 4. The lowest BCUT2D eigenvalue weighted by Gasteiger charge is -2.38. The number of hydrogen-bond donors (Lipinski definition) is 0. The lowest BCUT2D eigenvalue weighted by atomic mass is 9.84. The van der Waals surface area contributed by atoms with Crippen LogP contribution in [0.5, 0.6) is 0 Å². The van der Waals surface area contributed by atoms with E-state index in [0.29, 0.717) is 0 Å². The number of aromatic nitrogens is 1. The van der Waals surface area contributed by atoms with Crippen molar-refractivity contribution in [1.82, 2.24) is 4.57 Å². The highest BCUT2D eigenvalue weighted by Crippen LogP contribution is 2.47. The van der Waals surface area contributed by atoms with E-state index in [1.54, 1.807) is 0 Å². The molecule has 1 atom stereocenters. The van der Waals surface area contributed by atoms with E-state index in [4.69, 9.17) is 0 Å². The number of para-hydroxylation sites is 2. The first-order chi connectivity index (χ1) is 32.8. The van der Waals surface area contributed by atoms with Gasteiger partial charge in [-0.3, -0.25) is 0 Å². The van der Waals surface area contributed by atoms with Crippen molar-refractivity contribution >= 4 is 49.5 Å². The molecule has 1 aliphatic rings. The Morgan fingerprint density at radius 1 is 0.394 bits per heavy atom. The summed E-state index contributed by atoms with van der Waals surface area (Å²) in [5, 5.41) is 5.00. The van der Waals surface area contributed by atoms with Crippen molar-refractivity contribution < 1.29 is 0 Å².